The van der Waals surface area contributed by atoms with E-state index in [2.05, 4.69) is 47.6 Å². The number of hydrogen-bond acceptors (Lipinski definition) is 4. The lowest BCUT2D eigenvalue weighted by atomic mass is 9.44. The first-order valence-electron chi connectivity index (χ1n) is 16.7. The van der Waals surface area contributed by atoms with Crippen molar-refractivity contribution in [1.82, 2.24) is 14.5 Å². The van der Waals surface area contributed by atoms with E-state index in [0.29, 0.717) is 55.1 Å². The van der Waals surface area contributed by atoms with Crippen molar-refractivity contribution in [1.29, 1.82) is 0 Å². The molecule has 0 spiro atoms. The van der Waals surface area contributed by atoms with Gasteiger partial charge in [-0.1, -0.05) is 53.2 Å². The summed E-state index contributed by atoms with van der Waals surface area (Å²) in [6, 6.07) is 0. The van der Waals surface area contributed by atoms with Gasteiger partial charge in [0.15, 0.2) is 0 Å². The van der Waals surface area contributed by atoms with E-state index < -0.39 is 0 Å². The number of allylic oxidation sites excluding steroid dienone is 2. The van der Waals surface area contributed by atoms with Crippen LogP contribution >= 0.6 is 0 Å². The van der Waals surface area contributed by atoms with Crippen LogP contribution in [-0.2, 0) is 21.4 Å². The molecule has 1 aromatic rings. The maximum absolute atomic E-state index is 13.0. The van der Waals surface area contributed by atoms with Gasteiger partial charge in [0.25, 0.3) is 0 Å². The summed E-state index contributed by atoms with van der Waals surface area (Å²) in [7, 11) is 0. The number of carbonyl (C=O) groups excluding carboxylic acids is 2. The number of amides is 1. The van der Waals surface area contributed by atoms with E-state index in [-0.39, 0.29) is 16.7 Å². The molecule has 41 heavy (non-hydrogen) atoms. The Morgan fingerprint density at radius 1 is 1.05 bits per heavy atom. The zero-order chi connectivity index (χ0) is 29.2. The second kappa shape index (κ2) is 10.6. The minimum Gasteiger partial charge on any atom is -0.378 e. The number of imidazole rings is 1. The first-order chi connectivity index (χ1) is 19.5. The number of rotatable bonds is 6. The van der Waals surface area contributed by atoms with Crippen molar-refractivity contribution >= 4 is 11.8 Å². The van der Waals surface area contributed by atoms with Crippen LogP contribution in [0.15, 0.2) is 18.0 Å². The molecule has 3 fully saturated rings. The Hall–Kier alpha value is -1.95. The molecule has 6 heteroatoms. The largest absolute Gasteiger partial charge is 0.378 e. The number of ether oxygens (including phenoxy) is 1. The van der Waals surface area contributed by atoms with Crippen LogP contribution in [0, 0.1) is 40.4 Å². The van der Waals surface area contributed by atoms with Crippen LogP contribution in [0.4, 0.5) is 0 Å². The molecule has 226 valence electrons. The lowest BCUT2D eigenvalue weighted by Crippen LogP contribution is -2.54. The fourth-order valence-corrected chi connectivity index (χ4v) is 11.0. The molecule has 0 unspecified atom stereocenters. The van der Waals surface area contributed by atoms with E-state index in [1.807, 2.05) is 15.8 Å². The van der Waals surface area contributed by atoms with Gasteiger partial charge in [0.2, 0.25) is 11.8 Å². The molecule has 0 aromatic carbocycles. The molecule has 0 N–H and O–H groups in total. The number of morpholine rings is 1. The van der Waals surface area contributed by atoms with Gasteiger partial charge >= 0.3 is 0 Å². The maximum atomic E-state index is 13.0. The molecule has 5 aliphatic rings. The molecule has 2 heterocycles. The van der Waals surface area contributed by atoms with Gasteiger partial charge in [-0.15, -0.1) is 0 Å². The zero-order valence-electron chi connectivity index (χ0n) is 26.5. The van der Waals surface area contributed by atoms with E-state index in [9.17, 15) is 9.59 Å². The Morgan fingerprint density at radius 2 is 1.80 bits per heavy atom. The third-order valence-corrected chi connectivity index (χ3v) is 12.8. The van der Waals surface area contributed by atoms with Gasteiger partial charge < -0.3 is 9.64 Å². The van der Waals surface area contributed by atoms with Crippen molar-refractivity contribution in [2.24, 2.45) is 40.4 Å². The Balaban J connectivity index is 1.20. The van der Waals surface area contributed by atoms with E-state index in [1.54, 1.807) is 5.57 Å². The van der Waals surface area contributed by atoms with Gasteiger partial charge in [0.05, 0.1) is 24.6 Å². The molecule has 6 nitrogen and oxygen atoms in total. The molecular formula is C35H53N3O3. The Kier molecular flexibility index (Phi) is 7.56. The van der Waals surface area contributed by atoms with Gasteiger partial charge in [-0.05, 0) is 85.4 Å². The van der Waals surface area contributed by atoms with Crippen LogP contribution in [0.5, 0.6) is 0 Å². The highest BCUT2D eigenvalue weighted by molar-refractivity contribution is 5.80. The number of fused-ring (bicyclic) bond motifs is 6. The van der Waals surface area contributed by atoms with Crippen LogP contribution in [0.3, 0.4) is 0 Å². The second-order valence-electron chi connectivity index (χ2n) is 15.2. The molecule has 1 amide bonds. The summed E-state index contributed by atoms with van der Waals surface area (Å²) >= 11 is 0. The summed E-state index contributed by atoms with van der Waals surface area (Å²) in [5.41, 5.74) is 4.12. The average Bonchev–Trinajstić information content (AvgIpc) is 3.53. The van der Waals surface area contributed by atoms with Crippen molar-refractivity contribution in [2.75, 3.05) is 26.3 Å². The van der Waals surface area contributed by atoms with E-state index in [4.69, 9.17) is 9.72 Å². The number of nitrogens with zero attached hydrogens (tertiary/aromatic N) is 3. The number of hydrogen-bond donors (Lipinski definition) is 0. The molecule has 7 atom stereocenters. The van der Waals surface area contributed by atoms with Gasteiger partial charge in [0, 0.05) is 37.8 Å². The van der Waals surface area contributed by atoms with Crippen molar-refractivity contribution in [3.8, 4) is 0 Å². The molecule has 1 aliphatic heterocycles. The van der Waals surface area contributed by atoms with Gasteiger partial charge in [-0.2, -0.15) is 0 Å². The molecule has 1 aromatic heterocycles. The van der Waals surface area contributed by atoms with Gasteiger partial charge in [-0.25, -0.2) is 4.98 Å². The number of aromatic nitrogens is 2. The van der Waals surface area contributed by atoms with Gasteiger partial charge in [-0.3, -0.25) is 14.2 Å². The first-order valence-corrected chi connectivity index (χ1v) is 16.7. The summed E-state index contributed by atoms with van der Waals surface area (Å²) in [5.74, 6) is 3.93. The van der Waals surface area contributed by atoms with Crippen LogP contribution in [0.1, 0.15) is 116 Å². The highest BCUT2D eigenvalue weighted by Crippen LogP contribution is 2.68. The predicted molar refractivity (Wildman–Crippen MR) is 162 cm³/mol. The van der Waals surface area contributed by atoms with Crippen molar-refractivity contribution < 1.29 is 14.3 Å². The zero-order valence-corrected chi connectivity index (χ0v) is 26.5. The van der Waals surface area contributed by atoms with Crippen molar-refractivity contribution in [2.45, 2.75) is 111 Å². The molecule has 0 bridgehead atoms. The highest BCUT2D eigenvalue weighted by atomic mass is 16.5. The third kappa shape index (κ3) is 4.57. The standard InChI is InChI=1S/C35H53N3O3/c1-7-8-31(40)38-22-36-28-21-35(6)27-15-16-34(5)25(23(2)9-14-30(39)37-17-19-41-20-18-37)11-12-26(34)24(27)10-13-29(35)33(3,4)32(28)38/h13,22-27H,7-12,14-21H2,1-6H3/t23-,24+,25-,26+,27+,34-,35-/m1/s1. The van der Waals surface area contributed by atoms with Crippen LogP contribution in [0.2, 0.25) is 0 Å². The molecule has 0 radical (unpaired) electrons. The van der Waals surface area contributed by atoms with Crippen molar-refractivity contribution in [3.05, 3.63) is 29.4 Å². The molecule has 4 aliphatic carbocycles. The second-order valence-corrected chi connectivity index (χ2v) is 15.2. The topological polar surface area (TPSA) is 64.4 Å². The monoisotopic (exact) mass is 563 g/mol. The summed E-state index contributed by atoms with van der Waals surface area (Å²) in [5, 5.41) is 0. The fourth-order valence-electron chi connectivity index (χ4n) is 11.0. The Morgan fingerprint density at radius 3 is 2.54 bits per heavy atom. The fraction of sp³-hybridized carbons (Fsp3) is 0.800. The SMILES string of the molecule is CCCC(=O)n1cnc2c1C(C)(C)C1=CC[C@H]3[C@@H]4CC[C@H]([C@H](C)CCC(=O)N5CCOCC5)[C@@]4(C)CC[C@@H]3[C@@]1(C)C2. The molecule has 2 saturated carbocycles. The lowest BCUT2D eigenvalue weighted by molar-refractivity contribution is -0.135. The number of carbonyl (C=O) groups is 2. The van der Waals surface area contributed by atoms with Gasteiger partial charge in [0.1, 0.15) is 6.33 Å². The lowest BCUT2D eigenvalue weighted by Gasteiger charge is -2.60. The predicted octanol–water partition coefficient (Wildman–Crippen LogP) is 6.83. The summed E-state index contributed by atoms with van der Waals surface area (Å²) in [6.45, 7) is 17.2. The average molecular weight is 564 g/mol. The first kappa shape index (κ1) is 29.1. The van der Waals surface area contributed by atoms with Crippen molar-refractivity contribution in [3.63, 3.8) is 0 Å². The Bertz CT molecular complexity index is 1210. The minimum absolute atomic E-state index is 0.0992. The van der Waals surface area contributed by atoms with Crippen LogP contribution in [-0.4, -0.2) is 52.6 Å². The molecule has 1 saturated heterocycles. The molecule has 6 rings (SSSR count). The Labute approximate surface area is 247 Å². The minimum atomic E-state index is -0.187. The maximum Gasteiger partial charge on any atom is 0.232 e. The normalized spacial score (nSPS) is 36.4. The third-order valence-electron chi connectivity index (χ3n) is 12.8. The molecular weight excluding hydrogens is 510 g/mol. The summed E-state index contributed by atoms with van der Waals surface area (Å²) in [6.07, 6.45) is 14.9. The quantitative estimate of drug-likeness (QED) is 0.356. The van der Waals surface area contributed by atoms with Crippen LogP contribution in [0.25, 0.3) is 0 Å². The smallest absolute Gasteiger partial charge is 0.232 e. The van der Waals surface area contributed by atoms with E-state index in [0.717, 1.165) is 55.6 Å². The highest BCUT2D eigenvalue weighted by Gasteiger charge is 2.61. The van der Waals surface area contributed by atoms with Crippen LogP contribution < -0.4 is 0 Å². The van der Waals surface area contributed by atoms with E-state index in [1.165, 1.54) is 32.1 Å². The van der Waals surface area contributed by atoms with E-state index >= 15 is 0 Å². The summed E-state index contributed by atoms with van der Waals surface area (Å²) < 4.78 is 7.33. The summed E-state index contributed by atoms with van der Waals surface area (Å²) in [4.78, 5) is 32.8.